The molecule has 0 N–H and O–H groups in total. The zero-order valence-electron chi connectivity index (χ0n) is 9.67. The van der Waals surface area contributed by atoms with E-state index in [0.29, 0.717) is 18.9 Å². The Labute approximate surface area is 99.9 Å². The molecule has 0 atom stereocenters. The highest BCUT2D eigenvalue weighted by atomic mass is 16.5. The van der Waals surface area contributed by atoms with Crippen LogP contribution in [-0.2, 0) is 0 Å². The van der Waals surface area contributed by atoms with Gasteiger partial charge in [0.1, 0.15) is 11.6 Å². The molecule has 4 nitrogen and oxygen atoms in total. The van der Waals surface area contributed by atoms with E-state index in [1.807, 2.05) is 30.3 Å². The Bertz CT molecular complexity index is 491. The largest absolute Gasteiger partial charge is 0.493 e. The predicted molar refractivity (Wildman–Crippen MR) is 64.1 cm³/mol. The molecule has 0 saturated carbocycles. The third-order valence-electron chi connectivity index (χ3n) is 2.42. The first-order valence-electron chi connectivity index (χ1n) is 5.48. The van der Waals surface area contributed by atoms with Crippen molar-refractivity contribution in [2.24, 2.45) is 0 Å². The van der Waals surface area contributed by atoms with Gasteiger partial charge in [-0.25, -0.2) is 4.98 Å². The molecule has 4 heteroatoms. The summed E-state index contributed by atoms with van der Waals surface area (Å²) in [5.41, 5.74) is 0. The second-order valence-electron chi connectivity index (χ2n) is 3.65. The second-order valence-corrected chi connectivity index (χ2v) is 3.65. The molecule has 0 saturated heterocycles. The van der Waals surface area contributed by atoms with E-state index < -0.39 is 0 Å². The number of carbonyl (C=O) groups excluding carboxylic acids is 1. The van der Waals surface area contributed by atoms with E-state index in [1.165, 1.54) is 4.57 Å². The van der Waals surface area contributed by atoms with Gasteiger partial charge in [-0.3, -0.25) is 9.36 Å². The third kappa shape index (κ3) is 2.93. The molecule has 0 aliphatic heterocycles. The maximum absolute atomic E-state index is 11.8. The number of rotatable bonds is 4. The lowest BCUT2D eigenvalue weighted by molar-refractivity contribution is 0.0878. The molecule has 0 unspecified atom stereocenters. The fourth-order valence-electron chi connectivity index (χ4n) is 1.53. The molecule has 88 valence electrons. The van der Waals surface area contributed by atoms with Gasteiger partial charge in [0.05, 0.1) is 13.0 Å². The lowest BCUT2D eigenvalue weighted by Crippen LogP contribution is -2.14. The maximum atomic E-state index is 11.8. The van der Waals surface area contributed by atoms with Crippen LogP contribution in [0.3, 0.4) is 0 Å². The highest BCUT2D eigenvalue weighted by Crippen LogP contribution is 2.08. The van der Waals surface area contributed by atoms with Crippen LogP contribution in [0.1, 0.15) is 17.0 Å². The number of aryl methyl sites for hydroxylation is 1. The number of aromatic nitrogens is 2. The first-order chi connectivity index (χ1) is 8.27. The molecule has 0 spiro atoms. The summed E-state index contributed by atoms with van der Waals surface area (Å²) >= 11 is 0. The summed E-state index contributed by atoms with van der Waals surface area (Å²) in [6, 6.07) is 9.46. The van der Waals surface area contributed by atoms with Crippen LogP contribution < -0.4 is 4.74 Å². The molecule has 0 fully saturated rings. The SMILES string of the molecule is Cc1nccn1C(=O)CCOc1ccccc1. The minimum Gasteiger partial charge on any atom is -0.493 e. The summed E-state index contributed by atoms with van der Waals surface area (Å²) in [7, 11) is 0. The first-order valence-corrected chi connectivity index (χ1v) is 5.48. The molecule has 0 aliphatic rings. The van der Waals surface area contributed by atoms with Crippen LogP contribution in [0.15, 0.2) is 42.7 Å². The summed E-state index contributed by atoms with van der Waals surface area (Å²) in [6.07, 6.45) is 3.62. The minimum atomic E-state index is -0.00377. The van der Waals surface area contributed by atoms with Gasteiger partial charge in [0, 0.05) is 12.4 Å². The molecule has 0 aliphatic carbocycles. The van der Waals surface area contributed by atoms with E-state index in [0.717, 1.165) is 5.75 Å². The Morgan fingerprint density at radius 3 is 2.76 bits per heavy atom. The number of nitrogens with zero attached hydrogens (tertiary/aromatic N) is 2. The molecule has 0 amide bonds. The Morgan fingerprint density at radius 2 is 2.12 bits per heavy atom. The van der Waals surface area contributed by atoms with Crippen LogP contribution in [0.2, 0.25) is 0 Å². The standard InChI is InChI=1S/C13H14N2O2/c1-11-14-8-9-15(11)13(16)7-10-17-12-5-3-2-4-6-12/h2-6,8-9H,7,10H2,1H3. The average Bonchev–Trinajstić information content (AvgIpc) is 2.77. The molecule has 0 radical (unpaired) electrons. The fraction of sp³-hybridized carbons (Fsp3) is 0.231. The molecule has 1 aromatic heterocycles. The van der Waals surface area contributed by atoms with Crippen molar-refractivity contribution in [3.05, 3.63) is 48.5 Å². The van der Waals surface area contributed by atoms with Crippen LogP contribution in [-0.4, -0.2) is 22.1 Å². The van der Waals surface area contributed by atoms with Crippen molar-refractivity contribution in [2.75, 3.05) is 6.61 Å². The van der Waals surface area contributed by atoms with Gasteiger partial charge in [0.2, 0.25) is 5.91 Å². The lowest BCUT2D eigenvalue weighted by Gasteiger charge is -2.06. The van der Waals surface area contributed by atoms with Gasteiger partial charge in [-0.1, -0.05) is 18.2 Å². The Hall–Kier alpha value is -2.10. The number of para-hydroxylation sites is 1. The topological polar surface area (TPSA) is 44.1 Å². The monoisotopic (exact) mass is 230 g/mol. The van der Waals surface area contributed by atoms with Crippen molar-refractivity contribution in [1.29, 1.82) is 0 Å². The van der Waals surface area contributed by atoms with E-state index in [2.05, 4.69) is 4.98 Å². The van der Waals surface area contributed by atoms with E-state index in [9.17, 15) is 4.79 Å². The first kappa shape index (κ1) is 11.4. The molecule has 2 aromatic rings. The van der Waals surface area contributed by atoms with Crippen molar-refractivity contribution in [2.45, 2.75) is 13.3 Å². The maximum Gasteiger partial charge on any atom is 0.235 e. The number of hydrogen-bond acceptors (Lipinski definition) is 3. The summed E-state index contributed by atoms with van der Waals surface area (Å²) in [5.74, 6) is 1.48. The lowest BCUT2D eigenvalue weighted by atomic mass is 10.3. The normalized spacial score (nSPS) is 10.2. The number of ether oxygens (including phenoxy) is 1. The van der Waals surface area contributed by atoms with E-state index in [1.54, 1.807) is 19.3 Å². The van der Waals surface area contributed by atoms with Gasteiger partial charge in [-0.15, -0.1) is 0 Å². The highest BCUT2D eigenvalue weighted by molar-refractivity contribution is 5.79. The molecule has 1 aromatic carbocycles. The Morgan fingerprint density at radius 1 is 1.35 bits per heavy atom. The molecule has 17 heavy (non-hydrogen) atoms. The quantitative estimate of drug-likeness (QED) is 0.809. The zero-order valence-corrected chi connectivity index (χ0v) is 9.67. The van der Waals surface area contributed by atoms with E-state index in [4.69, 9.17) is 4.74 Å². The van der Waals surface area contributed by atoms with Crippen molar-refractivity contribution in [3.63, 3.8) is 0 Å². The van der Waals surface area contributed by atoms with Crippen molar-refractivity contribution >= 4 is 5.91 Å². The van der Waals surface area contributed by atoms with Crippen molar-refractivity contribution < 1.29 is 9.53 Å². The molecule has 2 rings (SSSR count). The number of imidazole rings is 1. The van der Waals surface area contributed by atoms with Crippen LogP contribution >= 0.6 is 0 Å². The van der Waals surface area contributed by atoms with Gasteiger partial charge in [0.25, 0.3) is 0 Å². The predicted octanol–water partition coefficient (Wildman–Crippen LogP) is 2.30. The van der Waals surface area contributed by atoms with Gasteiger partial charge >= 0.3 is 0 Å². The summed E-state index contributed by atoms with van der Waals surface area (Å²) in [5, 5.41) is 0. The number of benzene rings is 1. The van der Waals surface area contributed by atoms with Crippen LogP contribution in [0.5, 0.6) is 5.75 Å². The van der Waals surface area contributed by atoms with Gasteiger partial charge in [0.15, 0.2) is 0 Å². The third-order valence-corrected chi connectivity index (χ3v) is 2.42. The number of hydrogen-bond donors (Lipinski definition) is 0. The molecule has 1 heterocycles. The zero-order chi connectivity index (χ0) is 12.1. The van der Waals surface area contributed by atoms with Gasteiger partial charge in [-0.2, -0.15) is 0 Å². The Balaban J connectivity index is 1.84. The molecular formula is C13H14N2O2. The summed E-state index contributed by atoms with van der Waals surface area (Å²) in [6.45, 7) is 2.18. The molecule has 0 bridgehead atoms. The van der Waals surface area contributed by atoms with Gasteiger partial charge < -0.3 is 4.74 Å². The van der Waals surface area contributed by atoms with Crippen molar-refractivity contribution in [1.82, 2.24) is 9.55 Å². The van der Waals surface area contributed by atoms with Crippen LogP contribution in [0, 0.1) is 6.92 Å². The van der Waals surface area contributed by atoms with E-state index >= 15 is 0 Å². The minimum absolute atomic E-state index is 0.00377. The summed E-state index contributed by atoms with van der Waals surface area (Å²) in [4.78, 5) is 15.8. The number of carbonyl (C=O) groups is 1. The van der Waals surface area contributed by atoms with Gasteiger partial charge in [-0.05, 0) is 19.1 Å². The van der Waals surface area contributed by atoms with Crippen LogP contribution in [0.4, 0.5) is 0 Å². The van der Waals surface area contributed by atoms with Crippen LogP contribution in [0.25, 0.3) is 0 Å². The fourth-order valence-corrected chi connectivity index (χ4v) is 1.53. The second kappa shape index (κ2) is 5.30. The van der Waals surface area contributed by atoms with E-state index in [-0.39, 0.29) is 5.91 Å². The Kier molecular flexibility index (Phi) is 3.55. The highest BCUT2D eigenvalue weighted by Gasteiger charge is 2.07. The summed E-state index contributed by atoms with van der Waals surface area (Å²) < 4.78 is 7.00. The van der Waals surface area contributed by atoms with Crippen molar-refractivity contribution in [3.8, 4) is 5.75 Å². The molecular weight excluding hydrogens is 216 g/mol. The smallest absolute Gasteiger partial charge is 0.235 e. The average molecular weight is 230 g/mol.